The van der Waals surface area contributed by atoms with E-state index in [9.17, 15) is 26.3 Å². The minimum atomic E-state index is -5.53. The first-order valence-corrected chi connectivity index (χ1v) is 6.92. The maximum absolute atomic E-state index is 13.8. The lowest BCUT2D eigenvalue weighted by Crippen LogP contribution is -2.67. The lowest BCUT2D eigenvalue weighted by atomic mass is 10.0. The van der Waals surface area contributed by atoms with Crippen LogP contribution in [0.4, 0.5) is 26.3 Å². The molecule has 0 aliphatic rings. The Morgan fingerprint density at radius 3 is 0.650 bits per heavy atom. The summed E-state index contributed by atoms with van der Waals surface area (Å²) in [6, 6.07) is 0. The predicted octanol–water partition coefficient (Wildman–Crippen LogP) is 6.81. The van der Waals surface area contributed by atoms with Crippen molar-refractivity contribution in [2.24, 2.45) is 0 Å². The Balaban J connectivity index is 6.08. The van der Waals surface area contributed by atoms with Gasteiger partial charge in [0.2, 0.25) is 0 Å². The van der Waals surface area contributed by atoms with Crippen LogP contribution in [0.5, 0.6) is 0 Å². The molecule has 0 saturated carbocycles. The normalized spacial score (nSPS) is 21.3. The highest BCUT2D eigenvalue weighted by molar-refractivity contribution is 6.69. The average Bonchev–Trinajstić information content (AvgIpc) is 2.12. The standard InChI is InChI=1S/C6Cl8F6/c7-1(15,3(17,18)5(9,10)11)2(8,16)4(19,20)6(12,13)14. The van der Waals surface area contributed by atoms with Crippen molar-refractivity contribution in [3.63, 3.8) is 0 Å². The first-order valence-electron chi connectivity index (χ1n) is 3.90. The van der Waals surface area contributed by atoms with Gasteiger partial charge in [-0.3, -0.25) is 0 Å². The third-order valence-electron chi connectivity index (χ3n) is 1.90. The third kappa shape index (κ3) is 3.23. The number of hydrogen-bond acceptors (Lipinski definition) is 0. The van der Waals surface area contributed by atoms with E-state index >= 15 is 0 Å². The van der Waals surface area contributed by atoms with Crippen molar-refractivity contribution >= 4 is 92.8 Å². The molecular formula is C6Cl8F6. The first kappa shape index (κ1) is 21.9. The van der Waals surface area contributed by atoms with E-state index in [2.05, 4.69) is 92.8 Å². The lowest BCUT2D eigenvalue weighted by molar-refractivity contribution is -0.201. The summed E-state index contributed by atoms with van der Waals surface area (Å²) in [5, 5.41) is -10.9. The molecule has 0 N–H and O–H groups in total. The van der Waals surface area contributed by atoms with Gasteiger partial charge >= 0.3 is 22.1 Å². The molecule has 2 unspecified atom stereocenters. The quantitative estimate of drug-likeness (QED) is 0.315. The Bertz CT molecular complexity index is 333. The second kappa shape index (κ2) is 5.76. The third-order valence-corrected chi connectivity index (χ3v) is 4.41. The zero-order valence-electron chi connectivity index (χ0n) is 8.29. The van der Waals surface area contributed by atoms with Crippen LogP contribution in [0.2, 0.25) is 0 Å². The van der Waals surface area contributed by atoms with Gasteiger partial charge in [-0.05, 0) is 0 Å². The molecule has 20 heavy (non-hydrogen) atoms. The first-order chi connectivity index (χ1) is 8.25. The van der Waals surface area contributed by atoms with E-state index in [-0.39, 0.29) is 0 Å². The summed E-state index contributed by atoms with van der Waals surface area (Å²) in [7, 11) is 0. The second-order valence-electron chi connectivity index (χ2n) is 3.29. The molecule has 0 rings (SSSR count). The SMILES string of the molecule is FC(F)(C(Cl)(Cl)Cl)C(F)(Cl)C(F)(Cl)C(F)(F)C(Cl)(Cl)Cl. The van der Waals surface area contributed by atoms with E-state index in [1.807, 2.05) is 0 Å². The van der Waals surface area contributed by atoms with Gasteiger partial charge in [0.1, 0.15) is 0 Å². The fraction of sp³-hybridized carbons (Fsp3) is 1.00. The van der Waals surface area contributed by atoms with Crippen LogP contribution in [0.15, 0.2) is 0 Å². The number of halogens is 14. The van der Waals surface area contributed by atoms with Gasteiger partial charge in [0.25, 0.3) is 7.59 Å². The van der Waals surface area contributed by atoms with Crippen LogP contribution in [-0.2, 0) is 0 Å². The summed E-state index contributed by atoms with van der Waals surface area (Å²) in [5.74, 6) is -11.1. The zero-order chi connectivity index (χ0) is 17.0. The molecule has 0 amide bonds. The number of rotatable bonds is 3. The van der Waals surface area contributed by atoms with Gasteiger partial charge in [0, 0.05) is 0 Å². The molecule has 0 aromatic carbocycles. The van der Waals surface area contributed by atoms with E-state index in [1.54, 1.807) is 0 Å². The lowest BCUT2D eigenvalue weighted by Gasteiger charge is -2.43. The largest absolute Gasteiger partial charge is 0.345 e. The summed E-state index contributed by atoms with van der Waals surface area (Å²) < 4.78 is 73.4. The molecular weight excluding hydrogens is 470 g/mol. The molecule has 14 heteroatoms. The van der Waals surface area contributed by atoms with Gasteiger partial charge < -0.3 is 0 Å². The highest BCUT2D eigenvalue weighted by Gasteiger charge is 2.84. The molecule has 0 aromatic rings. The van der Waals surface area contributed by atoms with Crippen molar-refractivity contribution in [1.29, 1.82) is 0 Å². The minimum absolute atomic E-state index is 3.93. The Kier molecular flexibility index (Phi) is 6.31. The van der Waals surface area contributed by atoms with Gasteiger partial charge in [-0.25, -0.2) is 8.78 Å². The predicted molar refractivity (Wildman–Crippen MR) is 69.9 cm³/mol. The number of hydrogen-bond donors (Lipinski definition) is 0. The van der Waals surface area contributed by atoms with E-state index in [1.165, 1.54) is 0 Å². The molecule has 2 atom stereocenters. The van der Waals surface area contributed by atoms with E-state index in [0.717, 1.165) is 0 Å². The Morgan fingerprint density at radius 1 is 0.400 bits per heavy atom. The molecule has 0 radical (unpaired) electrons. The average molecular weight is 470 g/mol. The Morgan fingerprint density at radius 2 is 0.550 bits per heavy atom. The monoisotopic (exact) mass is 466 g/mol. The molecule has 0 aromatic heterocycles. The van der Waals surface area contributed by atoms with Gasteiger partial charge in [0.05, 0.1) is 0 Å². The van der Waals surface area contributed by atoms with Crippen molar-refractivity contribution in [3.05, 3.63) is 0 Å². The van der Waals surface area contributed by atoms with E-state index < -0.39 is 29.7 Å². The molecule has 0 aliphatic heterocycles. The van der Waals surface area contributed by atoms with Crippen molar-refractivity contribution in [3.8, 4) is 0 Å². The molecule has 0 nitrogen and oxygen atoms in total. The summed E-state index contributed by atoms with van der Waals surface area (Å²) in [4.78, 5) is 0. The van der Waals surface area contributed by atoms with Crippen LogP contribution in [0.25, 0.3) is 0 Å². The van der Waals surface area contributed by atoms with Crippen LogP contribution in [0.3, 0.4) is 0 Å². The van der Waals surface area contributed by atoms with Crippen LogP contribution in [0.1, 0.15) is 0 Å². The van der Waals surface area contributed by atoms with Crippen molar-refractivity contribution in [2.45, 2.75) is 29.7 Å². The summed E-state index contributed by atoms with van der Waals surface area (Å²) in [5.41, 5.74) is 0. The summed E-state index contributed by atoms with van der Waals surface area (Å²) in [6.07, 6.45) is 0. The van der Waals surface area contributed by atoms with Gasteiger partial charge in [-0.2, -0.15) is 17.6 Å². The molecule has 122 valence electrons. The smallest absolute Gasteiger partial charge is 0.214 e. The van der Waals surface area contributed by atoms with Gasteiger partial charge in [0.15, 0.2) is 0 Å². The van der Waals surface area contributed by atoms with Crippen molar-refractivity contribution in [1.82, 2.24) is 0 Å². The topological polar surface area (TPSA) is 0 Å². The molecule has 0 saturated heterocycles. The van der Waals surface area contributed by atoms with Crippen molar-refractivity contribution in [2.75, 3.05) is 0 Å². The van der Waals surface area contributed by atoms with Gasteiger partial charge in [-0.15, -0.1) is 0 Å². The van der Waals surface area contributed by atoms with E-state index in [0.29, 0.717) is 0 Å². The summed E-state index contributed by atoms with van der Waals surface area (Å²) >= 11 is 36.9. The van der Waals surface area contributed by atoms with Gasteiger partial charge in [-0.1, -0.05) is 92.8 Å². The van der Waals surface area contributed by atoms with Crippen LogP contribution >= 0.6 is 92.8 Å². The molecule has 0 fully saturated rings. The molecule has 0 heterocycles. The summed E-state index contributed by atoms with van der Waals surface area (Å²) in [6.45, 7) is 0. The van der Waals surface area contributed by atoms with E-state index in [4.69, 9.17) is 0 Å². The maximum atomic E-state index is 13.8. The molecule has 0 spiro atoms. The highest BCUT2D eigenvalue weighted by atomic mass is 35.6. The van der Waals surface area contributed by atoms with Crippen molar-refractivity contribution < 1.29 is 26.3 Å². The zero-order valence-corrected chi connectivity index (χ0v) is 14.3. The van der Waals surface area contributed by atoms with Crippen LogP contribution in [0, 0.1) is 0 Å². The second-order valence-corrected chi connectivity index (χ2v) is 8.90. The number of alkyl halides is 14. The highest BCUT2D eigenvalue weighted by Crippen LogP contribution is 2.64. The molecule has 0 aliphatic carbocycles. The molecule has 0 bridgehead atoms. The fourth-order valence-corrected chi connectivity index (χ4v) is 2.34. The van der Waals surface area contributed by atoms with Crippen LogP contribution < -0.4 is 0 Å². The Labute approximate surface area is 148 Å². The Hall–Kier alpha value is 1.90. The maximum Gasteiger partial charge on any atom is 0.345 e. The van der Waals surface area contributed by atoms with Crippen LogP contribution in [-0.4, -0.2) is 29.7 Å². The fourth-order valence-electron chi connectivity index (χ4n) is 0.750. The minimum Gasteiger partial charge on any atom is -0.214 e.